The summed E-state index contributed by atoms with van der Waals surface area (Å²) in [7, 11) is 3.40. The first-order valence-electron chi connectivity index (χ1n) is 10.6. The summed E-state index contributed by atoms with van der Waals surface area (Å²) in [6, 6.07) is 16.7. The number of carbonyl (C=O) groups excluding carboxylic acids is 1. The van der Waals surface area contributed by atoms with Crippen LogP contribution in [0.15, 0.2) is 66.9 Å². The van der Waals surface area contributed by atoms with E-state index >= 15 is 0 Å². The molecule has 0 spiro atoms. The molecular formula is C26H23F3N4O. The Hall–Kier alpha value is -3.78. The van der Waals surface area contributed by atoms with E-state index in [2.05, 4.69) is 15.5 Å². The average molecular weight is 464 g/mol. The molecule has 0 saturated carbocycles. The lowest BCUT2D eigenvalue weighted by Crippen LogP contribution is -2.18. The van der Waals surface area contributed by atoms with Crippen LogP contribution in [0.1, 0.15) is 27.0 Å². The molecule has 5 nitrogen and oxygen atoms in total. The van der Waals surface area contributed by atoms with Gasteiger partial charge in [-0.15, -0.1) is 5.10 Å². The van der Waals surface area contributed by atoms with Crippen molar-refractivity contribution in [1.82, 2.24) is 15.1 Å². The van der Waals surface area contributed by atoms with E-state index < -0.39 is 17.6 Å². The highest BCUT2D eigenvalue weighted by Gasteiger charge is 2.33. The van der Waals surface area contributed by atoms with Crippen molar-refractivity contribution in [1.29, 1.82) is 0 Å². The summed E-state index contributed by atoms with van der Waals surface area (Å²) in [4.78, 5) is 14.5. The van der Waals surface area contributed by atoms with Gasteiger partial charge >= 0.3 is 6.18 Å². The Labute approximate surface area is 195 Å². The largest absolute Gasteiger partial charge is 0.416 e. The fourth-order valence-electron chi connectivity index (χ4n) is 3.90. The first-order chi connectivity index (χ1) is 16.1. The molecular weight excluding hydrogens is 441 g/mol. The van der Waals surface area contributed by atoms with E-state index in [9.17, 15) is 18.0 Å². The minimum absolute atomic E-state index is 0.0847. The summed E-state index contributed by atoms with van der Waals surface area (Å²) in [5, 5.41) is 12.8. The van der Waals surface area contributed by atoms with Gasteiger partial charge in [-0.2, -0.15) is 18.3 Å². The number of hydrogen-bond acceptors (Lipinski definition) is 4. The van der Waals surface area contributed by atoms with Crippen LogP contribution in [0, 0.1) is 6.92 Å². The summed E-state index contributed by atoms with van der Waals surface area (Å²) in [5.41, 5.74) is 2.13. The maximum atomic E-state index is 13.6. The van der Waals surface area contributed by atoms with Crippen molar-refractivity contribution in [3.05, 3.63) is 89.1 Å². The number of aryl methyl sites for hydroxylation is 1. The van der Waals surface area contributed by atoms with Gasteiger partial charge in [0.05, 0.1) is 11.8 Å². The SMILES string of the molecule is Cc1cc(C(=O)Nc2ccc(CN(C)C)c(C(F)(F)F)c2)ccc1-c1nncc2ccccc12. The Kier molecular flexibility index (Phi) is 6.34. The summed E-state index contributed by atoms with van der Waals surface area (Å²) in [6.45, 7) is 1.99. The Bertz CT molecular complexity index is 1360. The number of nitrogens with one attached hydrogen (secondary N) is 1. The molecule has 0 aliphatic rings. The van der Waals surface area contributed by atoms with Gasteiger partial charge < -0.3 is 10.2 Å². The fraction of sp³-hybridized carbons (Fsp3) is 0.192. The summed E-state index contributed by atoms with van der Waals surface area (Å²) in [6.07, 6.45) is -2.83. The van der Waals surface area contributed by atoms with Gasteiger partial charge in [0.15, 0.2) is 0 Å². The molecule has 1 heterocycles. The molecule has 0 aliphatic carbocycles. The van der Waals surface area contributed by atoms with Crippen molar-refractivity contribution in [3.63, 3.8) is 0 Å². The van der Waals surface area contributed by atoms with Crippen molar-refractivity contribution in [2.45, 2.75) is 19.6 Å². The van der Waals surface area contributed by atoms with Crippen LogP contribution in [-0.4, -0.2) is 35.1 Å². The second-order valence-corrected chi connectivity index (χ2v) is 8.37. The molecule has 1 N–H and O–H groups in total. The van der Waals surface area contributed by atoms with Crippen molar-refractivity contribution in [2.75, 3.05) is 19.4 Å². The third kappa shape index (κ3) is 4.92. The van der Waals surface area contributed by atoms with Crippen LogP contribution in [-0.2, 0) is 12.7 Å². The van der Waals surface area contributed by atoms with Crippen LogP contribution < -0.4 is 5.32 Å². The quantitative estimate of drug-likeness (QED) is 0.397. The molecule has 0 unspecified atom stereocenters. The number of rotatable bonds is 5. The maximum Gasteiger partial charge on any atom is 0.416 e. The number of nitrogens with zero attached hydrogens (tertiary/aromatic N) is 3. The number of aromatic nitrogens is 2. The molecule has 4 rings (SSSR count). The maximum absolute atomic E-state index is 13.6. The van der Waals surface area contributed by atoms with Crippen LogP contribution in [0.2, 0.25) is 0 Å². The number of anilines is 1. The number of hydrogen-bond donors (Lipinski definition) is 1. The monoisotopic (exact) mass is 464 g/mol. The predicted octanol–water partition coefficient (Wildman–Crippen LogP) is 5.94. The molecule has 3 aromatic carbocycles. The van der Waals surface area contributed by atoms with E-state index in [1.807, 2.05) is 31.2 Å². The Morgan fingerprint density at radius 1 is 1.03 bits per heavy atom. The summed E-state index contributed by atoms with van der Waals surface area (Å²) >= 11 is 0. The van der Waals surface area contributed by atoms with Gasteiger partial charge in [-0.3, -0.25) is 4.79 Å². The highest BCUT2D eigenvalue weighted by molar-refractivity contribution is 6.05. The highest BCUT2D eigenvalue weighted by atomic mass is 19.4. The lowest BCUT2D eigenvalue weighted by Gasteiger charge is -2.18. The van der Waals surface area contributed by atoms with Crippen LogP contribution in [0.4, 0.5) is 18.9 Å². The number of carbonyl (C=O) groups is 1. The molecule has 1 amide bonds. The predicted molar refractivity (Wildman–Crippen MR) is 126 cm³/mol. The molecule has 0 fully saturated rings. The number of halogens is 3. The van der Waals surface area contributed by atoms with Gasteiger partial charge in [-0.1, -0.05) is 36.4 Å². The van der Waals surface area contributed by atoms with Crippen molar-refractivity contribution in [2.24, 2.45) is 0 Å². The molecule has 0 aliphatic heterocycles. The van der Waals surface area contributed by atoms with Gasteiger partial charge in [-0.25, -0.2) is 0 Å². The Morgan fingerprint density at radius 3 is 2.50 bits per heavy atom. The number of amides is 1. The van der Waals surface area contributed by atoms with E-state index in [1.165, 1.54) is 12.1 Å². The molecule has 8 heteroatoms. The van der Waals surface area contributed by atoms with Gasteiger partial charge in [0, 0.05) is 34.1 Å². The minimum Gasteiger partial charge on any atom is -0.322 e. The zero-order valence-electron chi connectivity index (χ0n) is 18.9. The van der Waals surface area contributed by atoms with Crippen LogP contribution in [0.5, 0.6) is 0 Å². The molecule has 0 saturated heterocycles. The minimum atomic E-state index is -4.52. The number of alkyl halides is 3. The summed E-state index contributed by atoms with van der Waals surface area (Å²) in [5.74, 6) is -0.493. The molecule has 174 valence electrons. The van der Waals surface area contributed by atoms with Crippen molar-refractivity contribution >= 4 is 22.4 Å². The topological polar surface area (TPSA) is 58.1 Å². The fourth-order valence-corrected chi connectivity index (χ4v) is 3.90. The normalized spacial score (nSPS) is 11.7. The van der Waals surface area contributed by atoms with Crippen LogP contribution in [0.3, 0.4) is 0 Å². The van der Waals surface area contributed by atoms with E-state index in [0.29, 0.717) is 11.3 Å². The van der Waals surface area contributed by atoms with Gasteiger partial charge in [0.25, 0.3) is 5.91 Å². The van der Waals surface area contributed by atoms with E-state index in [1.54, 1.807) is 43.4 Å². The second-order valence-electron chi connectivity index (χ2n) is 8.37. The average Bonchev–Trinajstić information content (AvgIpc) is 2.78. The molecule has 1 aromatic heterocycles. The smallest absolute Gasteiger partial charge is 0.322 e. The first-order valence-corrected chi connectivity index (χ1v) is 10.6. The first kappa shape index (κ1) is 23.4. The van der Waals surface area contributed by atoms with E-state index in [-0.39, 0.29) is 17.8 Å². The van der Waals surface area contributed by atoms with E-state index in [4.69, 9.17) is 0 Å². The second kappa shape index (κ2) is 9.23. The highest BCUT2D eigenvalue weighted by Crippen LogP contribution is 2.34. The van der Waals surface area contributed by atoms with Gasteiger partial charge in [0.1, 0.15) is 5.69 Å². The summed E-state index contributed by atoms with van der Waals surface area (Å²) < 4.78 is 40.7. The molecule has 0 radical (unpaired) electrons. The molecule has 4 aromatic rings. The van der Waals surface area contributed by atoms with Crippen molar-refractivity contribution in [3.8, 4) is 11.3 Å². The third-order valence-corrected chi connectivity index (χ3v) is 5.47. The Balaban J connectivity index is 1.62. The zero-order chi connectivity index (χ0) is 24.5. The lowest BCUT2D eigenvalue weighted by molar-refractivity contribution is -0.138. The lowest BCUT2D eigenvalue weighted by atomic mass is 9.98. The molecule has 0 bridgehead atoms. The zero-order valence-corrected chi connectivity index (χ0v) is 18.9. The van der Waals surface area contributed by atoms with Crippen LogP contribution >= 0.6 is 0 Å². The van der Waals surface area contributed by atoms with Gasteiger partial charge in [0.2, 0.25) is 0 Å². The standard InChI is InChI=1S/C26H23F3N4O/c1-16-12-17(9-11-21(16)24-22-7-5-4-6-18(22)14-30-32-24)25(34)31-20-10-8-19(15-33(2)3)23(13-20)26(27,28)29/h4-14H,15H2,1-3H3,(H,31,34). The van der Waals surface area contributed by atoms with Gasteiger partial charge in [-0.05, 0) is 56.4 Å². The van der Waals surface area contributed by atoms with E-state index in [0.717, 1.165) is 28.0 Å². The Morgan fingerprint density at radius 2 is 1.79 bits per heavy atom. The number of benzene rings is 3. The molecule has 0 atom stereocenters. The van der Waals surface area contributed by atoms with Crippen LogP contribution in [0.25, 0.3) is 22.0 Å². The molecule has 34 heavy (non-hydrogen) atoms. The number of fused-ring (bicyclic) bond motifs is 1. The van der Waals surface area contributed by atoms with Crippen molar-refractivity contribution < 1.29 is 18.0 Å². The third-order valence-electron chi connectivity index (χ3n) is 5.47.